The third-order valence-corrected chi connectivity index (χ3v) is 9.05. The van der Waals surface area contributed by atoms with E-state index >= 15 is 0 Å². The normalized spacial score (nSPS) is 11.3. The smallest absolute Gasteiger partial charge is 0.160 e. The van der Waals surface area contributed by atoms with E-state index in [4.69, 9.17) is 15.0 Å². The average Bonchev–Trinajstić information content (AvgIpc) is 3.18. The van der Waals surface area contributed by atoms with Gasteiger partial charge in [0.05, 0.1) is 22.6 Å². The Bertz CT molecular complexity index is 2590. The molecule has 2 aromatic heterocycles. The summed E-state index contributed by atoms with van der Waals surface area (Å²) >= 11 is 0. The first-order chi connectivity index (χ1) is 23.8. The zero-order chi connectivity index (χ0) is 31.9. The number of para-hydroxylation sites is 1. The summed E-state index contributed by atoms with van der Waals surface area (Å²) in [4.78, 5) is 15.6. The summed E-state index contributed by atoms with van der Waals surface area (Å²) in [5, 5.41) is 5.96. The molecule has 0 radical (unpaired) electrons. The number of pyridine rings is 1. The summed E-state index contributed by atoms with van der Waals surface area (Å²) in [7, 11) is 0. The van der Waals surface area contributed by atoms with Crippen LogP contribution in [0.3, 0.4) is 0 Å². The van der Waals surface area contributed by atoms with Crippen LogP contribution < -0.4 is 0 Å². The lowest BCUT2D eigenvalue weighted by Gasteiger charge is -2.14. The fourth-order valence-electron chi connectivity index (χ4n) is 6.72. The SMILES string of the molecule is c1ccc(-c2cccc(-c3cc(-c4ccccc4)nc(-c4cccc(-c5nc6ccccc6c6c5ccc5ccccc56)c4)n3)c2)cc1. The van der Waals surface area contributed by atoms with E-state index < -0.39 is 0 Å². The second-order valence-corrected chi connectivity index (χ2v) is 12.0. The minimum Gasteiger partial charge on any atom is -0.247 e. The third-order valence-electron chi connectivity index (χ3n) is 9.05. The maximum Gasteiger partial charge on any atom is 0.160 e. The van der Waals surface area contributed by atoms with Gasteiger partial charge in [0.1, 0.15) is 0 Å². The molecule has 0 saturated carbocycles. The van der Waals surface area contributed by atoms with Crippen LogP contribution in [-0.4, -0.2) is 15.0 Å². The second kappa shape index (κ2) is 11.7. The zero-order valence-electron chi connectivity index (χ0n) is 26.1. The number of benzene rings is 7. The van der Waals surface area contributed by atoms with E-state index in [1.165, 1.54) is 21.7 Å². The molecular formula is C45H29N3. The van der Waals surface area contributed by atoms with Crippen molar-refractivity contribution in [2.24, 2.45) is 0 Å². The molecule has 7 aromatic carbocycles. The molecule has 9 aromatic rings. The number of rotatable bonds is 5. The summed E-state index contributed by atoms with van der Waals surface area (Å²) < 4.78 is 0. The van der Waals surface area contributed by atoms with Gasteiger partial charge in [-0.25, -0.2) is 15.0 Å². The Hall–Kier alpha value is -6.45. The largest absolute Gasteiger partial charge is 0.247 e. The Morgan fingerprint density at radius 1 is 0.312 bits per heavy atom. The Labute approximate surface area is 278 Å². The number of fused-ring (bicyclic) bond motifs is 5. The quantitative estimate of drug-likeness (QED) is 0.182. The molecule has 0 fully saturated rings. The molecule has 3 nitrogen and oxygen atoms in total. The Balaban J connectivity index is 1.23. The van der Waals surface area contributed by atoms with E-state index in [0.29, 0.717) is 5.82 Å². The lowest BCUT2D eigenvalue weighted by Crippen LogP contribution is -1.97. The minimum atomic E-state index is 0.675. The molecule has 0 aliphatic rings. The molecule has 0 saturated heterocycles. The molecule has 0 unspecified atom stereocenters. The molecule has 0 N–H and O–H groups in total. The van der Waals surface area contributed by atoms with Crippen LogP contribution in [0, 0.1) is 0 Å². The fraction of sp³-hybridized carbons (Fsp3) is 0. The molecule has 2 heterocycles. The van der Waals surface area contributed by atoms with Gasteiger partial charge in [0.15, 0.2) is 5.82 Å². The van der Waals surface area contributed by atoms with Crippen molar-refractivity contribution < 1.29 is 0 Å². The van der Waals surface area contributed by atoms with Crippen molar-refractivity contribution in [3.05, 3.63) is 176 Å². The van der Waals surface area contributed by atoms with Crippen molar-refractivity contribution in [2.75, 3.05) is 0 Å². The van der Waals surface area contributed by atoms with Gasteiger partial charge >= 0.3 is 0 Å². The van der Waals surface area contributed by atoms with Crippen LogP contribution in [0.25, 0.3) is 88.7 Å². The van der Waals surface area contributed by atoms with Crippen LogP contribution in [0.4, 0.5) is 0 Å². The van der Waals surface area contributed by atoms with Crippen LogP contribution in [0.15, 0.2) is 176 Å². The Morgan fingerprint density at radius 3 is 1.71 bits per heavy atom. The van der Waals surface area contributed by atoms with Crippen LogP contribution in [0.5, 0.6) is 0 Å². The molecule has 0 aliphatic carbocycles. The van der Waals surface area contributed by atoms with Crippen molar-refractivity contribution in [3.8, 4) is 56.3 Å². The van der Waals surface area contributed by atoms with Gasteiger partial charge in [0.25, 0.3) is 0 Å². The van der Waals surface area contributed by atoms with Crippen LogP contribution in [-0.2, 0) is 0 Å². The lowest BCUT2D eigenvalue weighted by atomic mass is 9.94. The topological polar surface area (TPSA) is 38.7 Å². The highest BCUT2D eigenvalue weighted by Gasteiger charge is 2.16. The highest BCUT2D eigenvalue weighted by Crippen LogP contribution is 2.38. The molecule has 48 heavy (non-hydrogen) atoms. The molecule has 3 heteroatoms. The van der Waals surface area contributed by atoms with E-state index in [9.17, 15) is 0 Å². The maximum atomic E-state index is 5.24. The van der Waals surface area contributed by atoms with Gasteiger partial charge in [-0.3, -0.25) is 0 Å². The van der Waals surface area contributed by atoms with E-state index in [0.717, 1.165) is 61.2 Å². The minimum absolute atomic E-state index is 0.675. The van der Waals surface area contributed by atoms with E-state index in [1.807, 2.05) is 24.3 Å². The first-order valence-electron chi connectivity index (χ1n) is 16.2. The average molecular weight is 612 g/mol. The van der Waals surface area contributed by atoms with Gasteiger partial charge in [-0.2, -0.15) is 0 Å². The van der Waals surface area contributed by atoms with Gasteiger partial charge in [-0.05, 0) is 46.2 Å². The zero-order valence-corrected chi connectivity index (χ0v) is 26.1. The van der Waals surface area contributed by atoms with Gasteiger partial charge in [0, 0.05) is 38.4 Å². The van der Waals surface area contributed by atoms with Crippen LogP contribution in [0.1, 0.15) is 0 Å². The molecule has 0 spiro atoms. The van der Waals surface area contributed by atoms with Gasteiger partial charge < -0.3 is 0 Å². The standard InChI is InChI=1S/C45H29N3/c1-3-13-30(14-4-1)33-18-11-19-34(27-33)42-29-41(32-16-5-2-6-17-32)47-45(48-42)36-21-12-20-35(28-36)44-39-26-25-31-15-7-8-22-37(31)43(39)38-23-9-10-24-40(38)46-44/h1-29H. The van der Waals surface area contributed by atoms with E-state index in [2.05, 4.69) is 152 Å². The monoisotopic (exact) mass is 611 g/mol. The number of nitrogens with zero attached hydrogens (tertiary/aromatic N) is 3. The molecule has 224 valence electrons. The van der Waals surface area contributed by atoms with Crippen molar-refractivity contribution >= 4 is 32.4 Å². The highest BCUT2D eigenvalue weighted by molar-refractivity contribution is 6.22. The summed E-state index contributed by atoms with van der Waals surface area (Å²) in [6.45, 7) is 0. The van der Waals surface area contributed by atoms with Crippen molar-refractivity contribution in [1.82, 2.24) is 15.0 Å². The van der Waals surface area contributed by atoms with E-state index in [-0.39, 0.29) is 0 Å². The molecule has 0 aliphatic heterocycles. The lowest BCUT2D eigenvalue weighted by molar-refractivity contribution is 1.18. The fourth-order valence-corrected chi connectivity index (χ4v) is 6.72. The van der Waals surface area contributed by atoms with Crippen LogP contribution in [0.2, 0.25) is 0 Å². The molecule has 9 rings (SSSR count). The summed E-state index contributed by atoms with van der Waals surface area (Å²) in [6.07, 6.45) is 0. The van der Waals surface area contributed by atoms with Gasteiger partial charge in [-0.1, -0.05) is 152 Å². The maximum absolute atomic E-state index is 5.24. The van der Waals surface area contributed by atoms with Crippen molar-refractivity contribution in [3.63, 3.8) is 0 Å². The summed E-state index contributed by atoms with van der Waals surface area (Å²) in [6, 6.07) is 61.4. The highest BCUT2D eigenvalue weighted by atomic mass is 14.9. The number of hydrogen-bond acceptors (Lipinski definition) is 3. The summed E-state index contributed by atoms with van der Waals surface area (Å²) in [5.74, 6) is 0.675. The predicted octanol–water partition coefficient (Wildman–Crippen LogP) is 11.7. The molecular weight excluding hydrogens is 583 g/mol. The Kier molecular flexibility index (Phi) is 6.80. The third kappa shape index (κ3) is 4.99. The molecule has 0 bridgehead atoms. The Morgan fingerprint density at radius 2 is 0.896 bits per heavy atom. The van der Waals surface area contributed by atoms with Crippen LogP contribution >= 0.6 is 0 Å². The first-order valence-corrected chi connectivity index (χ1v) is 16.2. The second-order valence-electron chi connectivity index (χ2n) is 12.0. The number of aromatic nitrogens is 3. The van der Waals surface area contributed by atoms with Crippen molar-refractivity contribution in [2.45, 2.75) is 0 Å². The first kappa shape index (κ1) is 27.8. The van der Waals surface area contributed by atoms with Crippen molar-refractivity contribution in [1.29, 1.82) is 0 Å². The predicted molar refractivity (Wildman–Crippen MR) is 200 cm³/mol. The van der Waals surface area contributed by atoms with E-state index in [1.54, 1.807) is 0 Å². The number of hydrogen-bond donors (Lipinski definition) is 0. The molecule has 0 amide bonds. The van der Waals surface area contributed by atoms with Gasteiger partial charge in [-0.15, -0.1) is 0 Å². The molecule has 0 atom stereocenters. The van der Waals surface area contributed by atoms with Gasteiger partial charge in [0.2, 0.25) is 0 Å². The summed E-state index contributed by atoms with van der Waals surface area (Å²) in [5.41, 5.74) is 10.1.